The maximum Gasteiger partial charge on any atom is 0.323 e. The van der Waals surface area contributed by atoms with Crippen molar-refractivity contribution >= 4 is 16.9 Å². The van der Waals surface area contributed by atoms with Crippen molar-refractivity contribution in [2.75, 3.05) is 0 Å². The summed E-state index contributed by atoms with van der Waals surface area (Å²) in [6.07, 6.45) is 1.80. The molecule has 0 saturated heterocycles. The molecule has 2 N–H and O–H groups in total. The van der Waals surface area contributed by atoms with E-state index in [1.54, 1.807) is 0 Å². The minimum absolute atomic E-state index is 0.220. The Morgan fingerprint density at radius 1 is 1.04 bits per heavy atom. The molecule has 0 radical (unpaired) electrons. The third-order valence-corrected chi connectivity index (χ3v) is 3.57. The molecule has 0 amide bonds. The van der Waals surface area contributed by atoms with Gasteiger partial charge in [0.2, 0.25) is 0 Å². The van der Waals surface area contributed by atoms with Gasteiger partial charge in [-0.25, -0.2) is 9.97 Å². The summed E-state index contributed by atoms with van der Waals surface area (Å²) in [5, 5.41) is 0.904. The normalized spacial score (nSPS) is 12.0. The van der Waals surface area contributed by atoms with Crippen LogP contribution in [0, 0.1) is 0 Å². The lowest BCUT2D eigenvalue weighted by Gasteiger charge is -2.12. The van der Waals surface area contributed by atoms with E-state index in [4.69, 9.17) is 10.5 Å². The molecule has 3 aromatic rings. The van der Waals surface area contributed by atoms with Gasteiger partial charge in [0.15, 0.2) is 0 Å². The second-order valence-corrected chi connectivity index (χ2v) is 5.24. The molecule has 0 saturated carbocycles. The van der Waals surface area contributed by atoms with E-state index in [-0.39, 0.29) is 6.61 Å². The smallest absolute Gasteiger partial charge is 0.323 e. The third-order valence-electron chi connectivity index (χ3n) is 3.57. The van der Waals surface area contributed by atoms with Crippen LogP contribution in [0.5, 0.6) is 0 Å². The second-order valence-electron chi connectivity index (χ2n) is 5.24. The average Bonchev–Trinajstić information content (AvgIpc) is 2.61. The monoisotopic (exact) mass is 307 g/mol. The molecule has 116 valence electrons. The summed E-state index contributed by atoms with van der Waals surface area (Å²) in [6.45, 7) is 0.220. The average molecular weight is 307 g/mol. The predicted octanol–water partition coefficient (Wildman–Crippen LogP) is 2.24. The fourth-order valence-corrected chi connectivity index (χ4v) is 2.35. The Labute approximate surface area is 134 Å². The topological polar surface area (TPSA) is 78.1 Å². The highest BCUT2D eigenvalue weighted by atomic mass is 16.5. The van der Waals surface area contributed by atoms with Gasteiger partial charge in [0.05, 0.1) is 11.2 Å². The van der Waals surface area contributed by atoms with Crippen molar-refractivity contribution in [3.05, 3.63) is 72.2 Å². The van der Waals surface area contributed by atoms with Gasteiger partial charge >= 0.3 is 5.97 Å². The van der Waals surface area contributed by atoms with Crippen LogP contribution in [0.15, 0.2) is 60.9 Å². The van der Waals surface area contributed by atoms with Gasteiger partial charge in [0.25, 0.3) is 0 Å². The molecule has 0 aliphatic rings. The lowest BCUT2D eigenvalue weighted by molar-refractivity contribution is -0.146. The van der Waals surface area contributed by atoms with E-state index in [1.165, 1.54) is 6.33 Å². The van der Waals surface area contributed by atoms with Crippen LogP contribution in [-0.4, -0.2) is 22.0 Å². The lowest BCUT2D eigenvalue weighted by Crippen LogP contribution is -2.34. The lowest BCUT2D eigenvalue weighted by atomic mass is 10.1. The first-order valence-corrected chi connectivity index (χ1v) is 7.39. The van der Waals surface area contributed by atoms with Crippen LogP contribution in [-0.2, 0) is 22.6 Å². The number of hydrogen-bond acceptors (Lipinski definition) is 5. The zero-order valence-corrected chi connectivity index (χ0v) is 12.6. The number of esters is 1. The van der Waals surface area contributed by atoms with E-state index in [9.17, 15) is 4.79 Å². The van der Waals surface area contributed by atoms with Crippen LogP contribution in [0.25, 0.3) is 10.9 Å². The molecule has 1 heterocycles. The zero-order valence-electron chi connectivity index (χ0n) is 12.6. The number of ether oxygens (including phenoxy) is 1. The summed E-state index contributed by atoms with van der Waals surface area (Å²) in [7, 11) is 0. The first kappa shape index (κ1) is 15.1. The minimum Gasteiger partial charge on any atom is -0.460 e. The predicted molar refractivity (Wildman–Crippen MR) is 87.5 cm³/mol. The van der Waals surface area contributed by atoms with Crippen molar-refractivity contribution < 1.29 is 9.53 Å². The van der Waals surface area contributed by atoms with E-state index in [2.05, 4.69) is 9.97 Å². The van der Waals surface area contributed by atoms with Gasteiger partial charge in [-0.05, 0) is 11.6 Å². The van der Waals surface area contributed by atoms with Gasteiger partial charge in [-0.3, -0.25) is 4.79 Å². The Balaban J connectivity index is 1.66. The Morgan fingerprint density at radius 3 is 2.61 bits per heavy atom. The standard InChI is InChI=1S/C18H17N3O2/c19-15(18(22)23-11-13-6-2-1-3-7-13)10-17-14-8-4-5-9-16(14)20-12-21-17/h1-9,12,15H,10-11,19H2/t15-/m0/s1. The maximum absolute atomic E-state index is 12.1. The molecule has 0 fully saturated rings. The second kappa shape index (κ2) is 6.98. The van der Waals surface area contributed by atoms with Crippen LogP contribution < -0.4 is 5.73 Å². The molecule has 0 aliphatic heterocycles. The fourth-order valence-electron chi connectivity index (χ4n) is 2.35. The molecule has 23 heavy (non-hydrogen) atoms. The summed E-state index contributed by atoms with van der Waals surface area (Å²) in [5.74, 6) is -0.434. The molecule has 5 heteroatoms. The molecule has 0 bridgehead atoms. The van der Waals surface area contributed by atoms with Gasteiger partial charge in [-0.1, -0.05) is 48.5 Å². The summed E-state index contributed by atoms with van der Waals surface area (Å²) >= 11 is 0. The molecule has 0 spiro atoms. The Hall–Kier alpha value is -2.79. The number of aromatic nitrogens is 2. The zero-order chi connectivity index (χ0) is 16.1. The summed E-state index contributed by atoms with van der Waals surface area (Å²) < 4.78 is 5.27. The highest BCUT2D eigenvalue weighted by Gasteiger charge is 2.18. The molecule has 1 atom stereocenters. The fraction of sp³-hybridized carbons (Fsp3) is 0.167. The molecule has 1 aromatic heterocycles. The van der Waals surface area contributed by atoms with Crippen LogP contribution >= 0.6 is 0 Å². The molecule has 2 aromatic carbocycles. The molecule has 5 nitrogen and oxygen atoms in total. The third kappa shape index (κ3) is 3.70. The van der Waals surface area contributed by atoms with Crippen molar-refractivity contribution in [2.24, 2.45) is 5.73 Å². The van der Waals surface area contributed by atoms with E-state index in [0.717, 1.165) is 22.2 Å². The van der Waals surface area contributed by atoms with E-state index >= 15 is 0 Å². The Morgan fingerprint density at radius 2 is 1.78 bits per heavy atom. The van der Waals surface area contributed by atoms with Crippen LogP contribution in [0.2, 0.25) is 0 Å². The number of para-hydroxylation sites is 1. The van der Waals surface area contributed by atoms with Gasteiger partial charge in [-0.2, -0.15) is 0 Å². The van der Waals surface area contributed by atoms with Crippen LogP contribution in [0.4, 0.5) is 0 Å². The molecular weight excluding hydrogens is 290 g/mol. The summed E-state index contributed by atoms with van der Waals surface area (Å²) in [5.41, 5.74) is 8.49. The quantitative estimate of drug-likeness (QED) is 0.731. The number of nitrogens with two attached hydrogens (primary N) is 1. The van der Waals surface area contributed by atoms with Gasteiger partial charge < -0.3 is 10.5 Å². The first-order chi connectivity index (χ1) is 11.2. The number of hydrogen-bond donors (Lipinski definition) is 1. The molecule has 0 unspecified atom stereocenters. The van der Waals surface area contributed by atoms with Crippen molar-refractivity contribution in [1.82, 2.24) is 9.97 Å². The molecule has 0 aliphatic carbocycles. The van der Waals surface area contributed by atoms with Gasteiger partial charge in [0.1, 0.15) is 19.0 Å². The van der Waals surface area contributed by atoms with E-state index in [1.807, 2.05) is 54.6 Å². The van der Waals surface area contributed by atoms with Crippen molar-refractivity contribution in [2.45, 2.75) is 19.1 Å². The largest absolute Gasteiger partial charge is 0.460 e. The number of benzene rings is 2. The first-order valence-electron chi connectivity index (χ1n) is 7.39. The highest BCUT2D eigenvalue weighted by molar-refractivity contribution is 5.82. The number of carbonyl (C=O) groups excluding carboxylic acids is 1. The SMILES string of the molecule is N[C@@H](Cc1ncnc2ccccc12)C(=O)OCc1ccccc1. The number of carbonyl (C=O) groups is 1. The molecular formula is C18H17N3O2. The Bertz CT molecular complexity index is 800. The maximum atomic E-state index is 12.1. The molecule has 3 rings (SSSR count). The number of nitrogens with zero attached hydrogens (tertiary/aromatic N) is 2. The Kier molecular flexibility index (Phi) is 4.59. The van der Waals surface area contributed by atoms with E-state index in [0.29, 0.717) is 6.42 Å². The van der Waals surface area contributed by atoms with Crippen molar-refractivity contribution in [3.63, 3.8) is 0 Å². The van der Waals surface area contributed by atoms with Gasteiger partial charge in [0, 0.05) is 11.8 Å². The van der Waals surface area contributed by atoms with Crippen LogP contribution in [0.1, 0.15) is 11.3 Å². The van der Waals surface area contributed by atoms with E-state index < -0.39 is 12.0 Å². The van der Waals surface area contributed by atoms with Gasteiger partial charge in [-0.15, -0.1) is 0 Å². The highest BCUT2D eigenvalue weighted by Crippen LogP contribution is 2.15. The van der Waals surface area contributed by atoms with Crippen molar-refractivity contribution in [3.8, 4) is 0 Å². The summed E-state index contributed by atoms with van der Waals surface area (Å²) in [4.78, 5) is 20.5. The minimum atomic E-state index is -0.753. The summed E-state index contributed by atoms with van der Waals surface area (Å²) in [6, 6.07) is 16.4. The number of rotatable bonds is 5. The van der Waals surface area contributed by atoms with Crippen LogP contribution in [0.3, 0.4) is 0 Å². The number of fused-ring (bicyclic) bond motifs is 1. The van der Waals surface area contributed by atoms with Crippen molar-refractivity contribution in [1.29, 1.82) is 0 Å².